The van der Waals surface area contributed by atoms with Crippen LogP contribution in [-0.2, 0) is 11.3 Å². The van der Waals surface area contributed by atoms with Crippen LogP contribution in [0, 0.1) is 0 Å². The van der Waals surface area contributed by atoms with Crippen molar-refractivity contribution in [3.8, 4) is 0 Å². The maximum Gasteiger partial charge on any atom is 0.328 e. The molecule has 0 fully saturated rings. The lowest BCUT2D eigenvalue weighted by atomic mass is 10.1. The average Bonchev–Trinajstić information content (AvgIpc) is 2.79. The first kappa shape index (κ1) is 14.4. The van der Waals surface area contributed by atoms with Gasteiger partial charge in [-0.2, -0.15) is 5.10 Å². The lowest BCUT2D eigenvalue weighted by Crippen LogP contribution is -2.40. The van der Waals surface area contributed by atoms with Crippen LogP contribution in [-0.4, -0.2) is 26.4 Å². The van der Waals surface area contributed by atoms with Gasteiger partial charge < -0.3 is 10.4 Å². The molecule has 0 unspecified atom stereocenters. The number of carboxylic acids is 1. The zero-order valence-electron chi connectivity index (χ0n) is 11.3. The standard InChI is InChI=1S/C14H16ClN3O2/c1-14(2,13(19)20)17-12-7-8-16-18(12)9-10-3-5-11(15)6-4-10/h3-8,17H,9H2,1-2H3,(H,19,20). The van der Waals surface area contributed by atoms with Gasteiger partial charge in [-0.25, -0.2) is 9.48 Å². The Kier molecular flexibility index (Phi) is 3.99. The molecule has 0 spiro atoms. The maximum atomic E-state index is 11.1. The second kappa shape index (κ2) is 5.54. The average molecular weight is 294 g/mol. The van der Waals surface area contributed by atoms with E-state index in [4.69, 9.17) is 16.7 Å². The molecule has 20 heavy (non-hydrogen) atoms. The summed E-state index contributed by atoms with van der Waals surface area (Å²) in [5.41, 5.74) is -0.0214. The van der Waals surface area contributed by atoms with Crippen LogP contribution in [0.5, 0.6) is 0 Å². The number of hydrogen-bond acceptors (Lipinski definition) is 3. The zero-order valence-corrected chi connectivity index (χ0v) is 12.1. The highest BCUT2D eigenvalue weighted by atomic mass is 35.5. The minimum absolute atomic E-state index is 0.544. The van der Waals surface area contributed by atoms with Crippen molar-refractivity contribution in [1.29, 1.82) is 0 Å². The number of benzene rings is 1. The molecule has 0 bridgehead atoms. The van der Waals surface area contributed by atoms with E-state index >= 15 is 0 Å². The number of aromatic nitrogens is 2. The summed E-state index contributed by atoms with van der Waals surface area (Å²) in [6.45, 7) is 3.76. The largest absolute Gasteiger partial charge is 0.480 e. The molecule has 1 aromatic carbocycles. The van der Waals surface area contributed by atoms with Crippen molar-refractivity contribution in [2.45, 2.75) is 25.9 Å². The van der Waals surface area contributed by atoms with Crippen LogP contribution in [0.15, 0.2) is 36.5 Å². The van der Waals surface area contributed by atoms with E-state index in [9.17, 15) is 4.79 Å². The van der Waals surface area contributed by atoms with Crippen LogP contribution in [0.4, 0.5) is 5.82 Å². The molecular formula is C14H16ClN3O2. The highest BCUT2D eigenvalue weighted by Gasteiger charge is 2.27. The molecule has 5 nitrogen and oxygen atoms in total. The van der Waals surface area contributed by atoms with Crippen molar-refractivity contribution < 1.29 is 9.90 Å². The normalized spacial score (nSPS) is 11.3. The topological polar surface area (TPSA) is 67.2 Å². The Hall–Kier alpha value is -2.01. The monoisotopic (exact) mass is 293 g/mol. The minimum Gasteiger partial charge on any atom is -0.480 e. The Bertz CT molecular complexity index is 605. The molecule has 6 heteroatoms. The second-order valence-electron chi connectivity index (χ2n) is 5.06. The van der Waals surface area contributed by atoms with E-state index in [0.717, 1.165) is 5.56 Å². The molecule has 2 aromatic rings. The number of aliphatic carboxylic acids is 1. The van der Waals surface area contributed by atoms with Crippen LogP contribution in [0.1, 0.15) is 19.4 Å². The number of rotatable bonds is 5. The van der Waals surface area contributed by atoms with Crippen LogP contribution in [0.25, 0.3) is 0 Å². The second-order valence-corrected chi connectivity index (χ2v) is 5.49. The van der Waals surface area contributed by atoms with Gasteiger partial charge in [0, 0.05) is 11.1 Å². The summed E-state index contributed by atoms with van der Waals surface area (Å²) < 4.78 is 1.72. The summed E-state index contributed by atoms with van der Waals surface area (Å²) in [6, 6.07) is 9.20. The number of anilines is 1. The van der Waals surface area contributed by atoms with Crippen molar-refractivity contribution in [2.24, 2.45) is 0 Å². The predicted octanol–water partition coefficient (Wildman–Crippen LogP) is 2.86. The molecule has 0 atom stereocenters. The fourth-order valence-corrected chi connectivity index (χ4v) is 1.83. The third-order valence-electron chi connectivity index (χ3n) is 2.94. The summed E-state index contributed by atoms with van der Waals surface area (Å²) in [6.07, 6.45) is 1.64. The Morgan fingerprint density at radius 3 is 2.60 bits per heavy atom. The van der Waals surface area contributed by atoms with Crippen molar-refractivity contribution in [2.75, 3.05) is 5.32 Å². The molecule has 0 amide bonds. The van der Waals surface area contributed by atoms with E-state index in [1.54, 1.807) is 30.8 Å². The van der Waals surface area contributed by atoms with Crippen molar-refractivity contribution in [1.82, 2.24) is 9.78 Å². The van der Waals surface area contributed by atoms with Gasteiger partial charge in [0.15, 0.2) is 0 Å². The van der Waals surface area contributed by atoms with E-state index in [-0.39, 0.29) is 0 Å². The number of nitrogens with zero attached hydrogens (tertiary/aromatic N) is 2. The maximum absolute atomic E-state index is 11.1. The van der Waals surface area contributed by atoms with Gasteiger partial charge in [0.05, 0.1) is 12.7 Å². The Morgan fingerprint density at radius 1 is 1.35 bits per heavy atom. The van der Waals surface area contributed by atoms with Gasteiger partial charge in [-0.3, -0.25) is 0 Å². The van der Waals surface area contributed by atoms with Gasteiger partial charge in [0.1, 0.15) is 11.4 Å². The Morgan fingerprint density at radius 2 is 2.00 bits per heavy atom. The van der Waals surface area contributed by atoms with Crippen LogP contribution in [0.3, 0.4) is 0 Å². The fourth-order valence-electron chi connectivity index (χ4n) is 1.70. The van der Waals surface area contributed by atoms with Crippen LogP contribution < -0.4 is 5.32 Å². The van der Waals surface area contributed by atoms with Crippen LogP contribution in [0.2, 0.25) is 5.02 Å². The van der Waals surface area contributed by atoms with E-state index in [1.165, 1.54) is 0 Å². The number of carboxylic acid groups (broad SMARTS) is 1. The molecule has 0 aliphatic heterocycles. The summed E-state index contributed by atoms with van der Waals surface area (Å²) in [4.78, 5) is 11.1. The number of nitrogens with one attached hydrogen (secondary N) is 1. The fraction of sp³-hybridized carbons (Fsp3) is 0.286. The molecule has 2 rings (SSSR count). The van der Waals surface area contributed by atoms with Crippen LogP contribution >= 0.6 is 11.6 Å². The molecule has 106 valence electrons. The van der Waals surface area contributed by atoms with Crippen molar-refractivity contribution in [3.63, 3.8) is 0 Å². The molecular weight excluding hydrogens is 278 g/mol. The van der Waals surface area contributed by atoms with Gasteiger partial charge in [-0.1, -0.05) is 23.7 Å². The van der Waals surface area contributed by atoms with Crippen molar-refractivity contribution >= 4 is 23.4 Å². The van der Waals surface area contributed by atoms with Gasteiger partial charge in [0.25, 0.3) is 0 Å². The molecule has 0 radical (unpaired) electrons. The molecule has 0 aliphatic rings. The SMILES string of the molecule is CC(C)(Nc1ccnn1Cc1ccc(Cl)cc1)C(=O)O. The van der Waals surface area contributed by atoms with E-state index in [2.05, 4.69) is 10.4 Å². The third kappa shape index (κ3) is 3.30. The smallest absolute Gasteiger partial charge is 0.328 e. The first-order valence-electron chi connectivity index (χ1n) is 6.16. The molecule has 2 N–H and O–H groups in total. The van der Waals surface area contributed by atoms with Gasteiger partial charge in [-0.05, 0) is 31.5 Å². The van der Waals surface area contributed by atoms with Gasteiger partial charge in [0.2, 0.25) is 0 Å². The summed E-state index contributed by atoms with van der Waals surface area (Å²) in [5.74, 6) is -0.260. The number of hydrogen-bond donors (Lipinski definition) is 2. The minimum atomic E-state index is -1.06. The third-order valence-corrected chi connectivity index (χ3v) is 3.19. The van der Waals surface area contributed by atoms with Gasteiger partial charge in [-0.15, -0.1) is 0 Å². The first-order chi connectivity index (χ1) is 9.38. The Balaban J connectivity index is 2.17. The van der Waals surface area contributed by atoms with Crippen molar-refractivity contribution in [3.05, 3.63) is 47.1 Å². The van der Waals surface area contributed by atoms with E-state index in [0.29, 0.717) is 17.4 Å². The van der Waals surface area contributed by atoms with Gasteiger partial charge >= 0.3 is 5.97 Å². The molecule has 0 saturated heterocycles. The Labute approximate surface area is 122 Å². The molecule has 0 saturated carbocycles. The number of carbonyl (C=O) groups is 1. The number of halogens is 1. The molecule has 0 aliphatic carbocycles. The zero-order chi connectivity index (χ0) is 14.8. The lowest BCUT2D eigenvalue weighted by Gasteiger charge is -2.22. The summed E-state index contributed by atoms with van der Waals surface area (Å²) >= 11 is 5.85. The summed E-state index contributed by atoms with van der Waals surface area (Å²) in [7, 11) is 0. The first-order valence-corrected chi connectivity index (χ1v) is 6.54. The molecule has 1 heterocycles. The predicted molar refractivity (Wildman–Crippen MR) is 78.1 cm³/mol. The highest BCUT2D eigenvalue weighted by molar-refractivity contribution is 6.30. The molecule has 1 aromatic heterocycles. The van der Waals surface area contributed by atoms with E-state index in [1.807, 2.05) is 24.3 Å². The quantitative estimate of drug-likeness (QED) is 0.889. The highest BCUT2D eigenvalue weighted by Crippen LogP contribution is 2.17. The summed E-state index contributed by atoms with van der Waals surface area (Å²) in [5, 5.41) is 17.0. The lowest BCUT2D eigenvalue weighted by molar-refractivity contribution is -0.141. The van der Waals surface area contributed by atoms with E-state index < -0.39 is 11.5 Å².